The van der Waals surface area contributed by atoms with E-state index >= 15 is 0 Å². The molecule has 0 amide bonds. The van der Waals surface area contributed by atoms with E-state index in [-0.39, 0.29) is 0 Å². The van der Waals surface area contributed by atoms with Gasteiger partial charge in [-0.15, -0.1) is 0 Å². The highest BCUT2D eigenvalue weighted by molar-refractivity contribution is 6.09. The average Bonchev–Trinajstić information content (AvgIpc) is 2.95. The average molecular weight is 313 g/mol. The summed E-state index contributed by atoms with van der Waals surface area (Å²) in [5, 5.41) is 2.63. The second-order valence-electron chi connectivity index (χ2n) is 6.97. The molecule has 0 spiro atoms. The Balaban J connectivity index is 1.83. The number of hydrogen-bond donors (Lipinski definition) is 0. The topological polar surface area (TPSA) is 4.93 Å². The minimum Gasteiger partial charge on any atom is -0.309 e. The van der Waals surface area contributed by atoms with Crippen molar-refractivity contribution in [3.05, 3.63) is 78.4 Å². The molecule has 4 aromatic rings. The largest absolute Gasteiger partial charge is 0.309 e. The summed E-state index contributed by atoms with van der Waals surface area (Å²) in [6.07, 6.45) is 2.40. The van der Waals surface area contributed by atoms with Crippen LogP contribution in [0.25, 0.3) is 27.5 Å². The predicted octanol–water partition coefficient (Wildman–Crippen LogP) is 6.37. The molecule has 1 nitrogen and oxygen atoms in total. The molecule has 0 saturated carbocycles. The lowest BCUT2D eigenvalue weighted by molar-refractivity contribution is 0.587. The second kappa shape index (κ2) is 6.16. The quantitative estimate of drug-likeness (QED) is 0.412. The van der Waals surface area contributed by atoms with E-state index < -0.39 is 0 Å². The summed E-state index contributed by atoms with van der Waals surface area (Å²) in [6, 6.07) is 26.4. The molecule has 0 atom stereocenters. The standard InChI is InChI=1S/C23H23N/c1-17(2)11-12-18-13-15-19(16-14-18)24-22-9-5-3-7-20(22)21-8-4-6-10-23(21)24/h3-10,13-17H,11-12H2,1-2H3. The van der Waals surface area contributed by atoms with Gasteiger partial charge in [-0.25, -0.2) is 0 Å². The Morgan fingerprint density at radius 3 is 1.79 bits per heavy atom. The molecule has 3 aromatic carbocycles. The van der Waals surface area contributed by atoms with Crippen molar-refractivity contribution in [1.82, 2.24) is 4.57 Å². The van der Waals surface area contributed by atoms with Gasteiger partial charge in [0.2, 0.25) is 0 Å². The molecule has 1 heterocycles. The Morgan fingerprint density at radius 1 is 0.708 bits per heavy atom. The van der Waals surface area contributed by atoms with E-state index in [1.807, 2.05) is 0 Å². The number of nitrogens with zero attached hydrogens (tertiary/aromatic N) is 1. The summed E-state index contributed by atoms with van der Waals surface area (Å²) in [5.74, 6) is 0.752. The number of aryl methyl sites for hydroxylation is 1. The Kier molecular flexibility index (Phi) is 3.86. The third-order valence-electron chi connectivity index (χ3n) is 4.78. The molecule has 1 heteroatoms. The molecule has 120 valence electrons. The molecule has 0 bridgehead atoms. The number of para-hydroxylation sites is 2. The van der Waals surface area contributed by atoms with Gasteiger partial charge in [0.05, 0.1) is 11.0 Å². The maximum absolute atomic E-state index is 2.37. The maximum Gasteiger partial charge on any atom is 0.0541 e. The van der Waals surface area contributed by atoms with Crippen molar-refractivity contribution in [3.8, 4) is 5.69 Å². The van der Waals surface area contributed by atoms with E-state index in [0.717, 1.165) is 12.3 Å². The van der Waals surface area contributed by atoms with E-state index in [0.29, 0.717) is 0 Å². The van der Waals surface area contributed by atoms with Crippen molar-refractivity contribution in [3.63, 3.8) is 0 Å². The van der Waals surface area contributed by atoms with Crippen molar-refractivity contribution in [2.75, 3.05) is 0 Å². The normalized spacial score (nSPS) is 11.6. The third-order valence-corrected chi connectivity index (χ3v) is 4.78. The summed E-state index contributed by atoms with van der Waals surface area (Å²) in [4.78, 5) is 0. The minimum absolute atomic E-state index is 0.752. The van der Waals surface area contributed by atoms with Crippen LogP contribution in [-0.2, 0) is 6.42 Å². The fourth-order valence-corrected chi connectivity index (χ4v) is 3.47. The monoisotopic (exact) mass is 313 g/mol. The smallest absolute Gasteiger partial charge is 0.0541 e. The summed E-state index contributed by atoms with van der Waals surface area (Å²) >= 11 is 0. The molecular weight excluding hydrogens is 290 g/mol. The summed E-state index contributed by atoms with van der Waals surface area (Å²) in [7, 11) is 0. The molecule has 0 fully saturated rings. The van der Waals surface area contributed by atoms with Crippen LogP contribution in [0.4, 0.5) is 0 Å². The molecule has 0 saturated heterocycles. The first kappa shape index (κ1) is 15.0. The van der Waals surface area contributed by atoms with Gasteiger partial charge in [0.15, 0.2) is 0 Å². The number of hydrogen-bond acceptors (Lipinski definition) is 0. The van der Waals surface area contributed by atoms with Gasteiger partial charge >= 0.3 is 0 Å². The van der Waals surface area contributed by atoms with E-state index in [1.54, 1.807) is 0 Å². The van der Waals surface area contributed by atoms with Gasteiger partial charge in [-0.1, -0.05) is 62.4 Å². The highest BCUT2D eigenvalue weighted by atomic mass is 15.0. The summed E-state index contributed by atoms with van der Waals surface area (Å²) in [5.41, 5.74) is 5.20. The minimum atomic E-state index is 0.752. The summed E-state index contributed by atoms with van der Waals surface area (Å²) in [6.45, 7) is 4.57. The fraction of sp³-hybridized carbons (Fsp3) is 0.217. The maximum atomic E-state index is 2.37. The number of aromatic nitrogens is 1. The number of fused-ring (bicyclic) bond motifs is 3. The Hall–Kier alpha value is -2.54. The number of rotatable bonds is 4. The van der Waals surface area contributed by atoms with Crippen LogP contribution < -0.4 is 0 Å². The van der Waals surface area contributed by atoms with Crippen LogP contribution in [0.3, 0.4) is 0 Å². The first-order valence-electron chi connectivity index (χ1n) is 8.81. The van der Waals surface area contributed by atoms with Crippen molar-refractivity contribution in [1.29, 1.82) is 0 Å². The lowest BCUT2D eigenvalue weighted by Crippen LogP contribution is -1.95. The molecular formula is C23H23N. The molecule has 0 radical (unpaired) electrons. The predicted molar refractivity (Wildman–Crippen MR) is 104 cm³/mol. The van der Waals surface area contributed by atoms with Crippen molar-refractivity contribution in [2.45, 2.75) is 26.7 Å². The lowest BCUT2D eigenvalue weighted by Gasteiger charge is -2.10. The van der Waals surface area contributed by atoms with Crippen molar-refractivity contribution < 1.29 is 0 Å². The van der Waals surface area contributed by atoms with Gasteiger partial charge in [-0.05, 0) is 48.6 Å². The lowest BCUT2D eigenvalue weighted by atomic mass is 10.0. The SMILES string of the molecule is CC(C)CCc1ccc(-n2c3ccccc3c3ccccc32)cc1. The molecule has 0 aliphatic rings. The first-order chi connectivity index (χ1) is 11.7. The van der Waals surface area contributed by atoms with Gasteiger partial charge in [-0.3, -0.25) is 0 Å². The zero-order valence-electron chi connectivity index (χ0n) is 14.4. The zero-order chi connectivity index (χ0) is 16.5. The highest BCUT2D eigenvalue weighted by Gasteiger charge is 2.10. The van der Waals surface area contributed by atoms with Gasteiger partial charge in [0.25, 0.3) is 0 Å². The van der Waals surface area contributed by atoms with Crippen LogP contribution in [0.2, 0.25) is 0 Å². The van der Waals surface area contributed by atoms with Crippen molar-refractivity contribution in [2.24, 2.45) is 5.92 Å². The van der Waals surface area contributed by atoms with Gasteiger partial charge < -0.3 is 4.57 Å². The van der Waals surface area contributed by atoms with Gasteiger partial charge in [0.1, 0.15) is 0 Å². The van der Waals surface area contributed by atoms with Crippen LogP contribution in [0.15, 0.2) is 72.8 Å². The van der Waals surface area contributed by atoms with Crippen LogP contribution >= 0.6 is 0 Å². The number of benzene rings is 3. The van der Waals surface area contributed by atoms with Crippen LogP contribution in [0.5, 0.6) is 0 Å². The molecule has 4 rings (SSSR count). The fourth-order valence-electron chi connectivity index (χ4n) is 3.47. The van der Waals surface area contributed by atoms with Crippen LogP contribution in [-0.4, -0.2) is 4.57 Å². The molecule has 0 aliphatic carbocycles. The third kappa shape index (κ3) is 2.60. The zero-order valence-corrected chi connectivity index (χ0v) is 14.4. The Bertz CT molecular complexity index is 921. The van der Waals surface area contributed by atoms with Gasteiger partial charge in [-0.2, -0.15) is 0 Å². The van der Waals surface area contributed by atoms with Crippen molar-refractivity contribution >= 4 is 21.8 Å². The highest BCUT2D eigenvalue weighted by Crippen LogP contribution is 2.31. The summed E-state index contributed by atoms with van der Waals surface area (Å²) < 4.78 is 2.37. The van der Waals surface area contributed by atoms with E-state index in [4.69, 9.17) is 0 Å². The molecule has 0 unspecified atom stereocenters. The Labute approximate surface area is 143 Å². The van der Waals surface area contributed by atoms with E-state index in [9.17, 15) is 0 Å². The molecule has 0 aliphatic heterocycles. The molecule has 1 aromatic heterocycles. The van der Waals surface area contributed by atoms with E-state index in [2.05, 4.69) is 91.2 Å². The Morgan fingerprint density at radius 2 is 1.25 bits per heavy atom. The van der Waals surface area contributed by atoms with Crippen LogP contribution in [0, 0.1) is 5.92 Å². The molecule has 0 N–H and O–H groups in total. The first-order valence-corrected chi connectivity index (χ1v) is 8.81. The molecule has 24 heavy (non-hydrogen) atoms. The van der Waals surface area contributed by atoms with Gasteiger partial charge in [0, 0.05) is 16.5 Å². The van der Waals surface area contributed by atoms with E-state index in [1.165, 1.54) is 39.5 Å². The van der Waals surface area contributed by atoms with Crippen LogP contribution in [0.1, 0.15) is 25.8 Å². The second-order valence-corrected chi connectivity index (χ2v) is 6.97.